The molecule has 0 aromatic rings. The van der Waals surface area contributed by atoms with Gasteiger partial charge in [-0.3, -0.25) is 4.79 Å². The van der Waals surface area contributed by atoms with Crippen molar-refractivity contribution in [2.45, 2.75) is 164 Å². The summed E-state index contributed by atoms with van der Waals surface area (Å²) in [6.07, 6.45) is 14.1. The van der Waals surface area contributed by atoms with Crippen LogP contribution in [-0.4, -0.2) is 23.5 Å². The van der Waals surface area contributed by atoms with Crippen molar-refractivity contribution in [3.05, 3.63) is 22.5 Å². The van der Waals surface area contributed by atoms with Gasteiger partial charge in [0.2, 0.25) is 0 Å². The van der Waals surface area contributed by atoms with Gasteiger partial charge < -0.3 is 14.3 Å². The molecule has 4 unspecified atom stereocenters. The van der Waals surface area contributed by atoms with E-state index in [2.05, 4.69) is 62.3 Å². The lowest BCUT2D eigenvalue weighted by molar-refractivity contribution is -0.143. The van der Waals surface area contributed by atoms with Gasteiger partial charge in [-0.1, -0.05) is 92.9 Å². The summed E-state index contributed by atoms with van der Waals surface area (Å²) in [6.45, 7) is 21.9. The number of carbonyl (C=O) groups is 2. The normalized spacial score (nSPS) is 24.5. The Morgan fingerprint density at radius 1 is 0.897 bits per heavy atom. The van der Waals surface area contributed by atoms with E-state index in [1.807, 2.05) is 0 Å². The molecule has 4 heteroatoms. The van der Waals surface area contributed by atoms with Crippen LogP contribution < -0.4 is 0 Å². The van der Waals surface area contributed by atoms with E-state index in [0.717, 1.165) is 48.2 Å². The average molecular weight is 545 g/mol. The highest BCUT2D eigenvalue weighted by atomic mass is 16.5. The molecule has 0 radical (unpaired) electrons. The van der Waals surface area contributed by atoms with Crippen molar-refractivity contribution in [1.29, 1.82) is 0 Å². The second-order valence-electron chi connectivity index (χ2n) is 14.3. The standard InChI is InChI=1S/C35H60O4/c1-24(2)14-11-15-25(3)16-12-17-26(4)18-13-22-35(10)23-21-30-28(6)32(38-31(37)20-19-27(5)36)29(7)34(8,9)33(30)39-35/h24-26,33H,11-23H2,1-10H3. The largest absolute Gasteiger partial charge is 0.426 e. The molecule has 1 heterocycles. The molecule has 4 atom stereocenters. The van der Waals surface area contributed by atoms with Gasteiger partial charge in [0.1, 0.15) is 11.5 Å². The number of allylic oxidation sites excluding steroid dienone is 1. The first kappa shape index (κ1) is 33.8. The Morgan fingerprint density at radius 3 is 2.03 bits per heavy atom. The van der Waals surface area contributed by atoms with Crippen molar-refractivity contribution >= 4 is 11.8 Å². The predicted octanol–water partition coefficient (Wildman–Crippen LogP) is 9.91. The molecule has 1 aliphatic heterocycles. The number of carbonyl (C=O) groups excluding carboxylic acids is 2. The monoisotopic (exact) mass is 544 g/mol. The highest BCUT2D eigenvalue weighted by molar-refractivity contribution is 5.81. The Labute approximate surface area is 240 Å². The van der Waals surface area contributed by atoms with Crippen LogP contribution in [0, 0.1) is 23.2 Å². The molecule has 0 aromatic carbocycles. The molecule has 2 aliphatic rings. The van der Waals surface area contributed by atoms with Gasteiger partial charge in [-0.05, 0) is 81.4 Å². The minimum atomic E-state index is -0.329. The topological polar surface area (TPSA) is 52.6 Å². The second-order valence-corrected chi connectivity index (χ2v) is 14.3. The number of rotatable bonds is 16. The molecule has 0 saturated carbocycles. The molecule has 39 heavy (non-hydrogen) atoms. The van der Waals surface area contributed by atoms with Gasteiger partial charge >= 0.3 is 5.97 Å². The van der Waals surface area contributed by atoms with Crippen LogP contribution >= 0.6 is 0 Å². The maximum atomic E-state index is 12.5. The zero-order valence-corrected chi connectivity index (χ0v) is 27.1. The number of ether oxygens (including phenoxy) is 2. The van der Waals surface area contributed by atoms with Gasteiger partial charge in [0.05, 0.1) is 18.1 Å². The highest BCUT2D eigenvalue weighted by Gasteiger charge is 2.48. The van der Waals surface area contributed by atoms with Gasteiger partial charge in [-0.25, -0.2) is 0 Å². The Bertz CT molecular complexity index is 892. The van der Waals surface area contributed by atoms with Crippen molar-refractivity contribution in [2.24, 2.45) is 23.2 Å². The van der Waals surface area contributed by atoms with Gasteiger partial charge in [0.15, 0.2) is 0 Å². The molecule has 0 bridgehead atoms. The zero-order valence-electron chi connectivity index (χ0n) is 27.1. The van der Waals surface area contributed by atoms with E-state index in [0.29, 0.717) is 5.76 Å². The minimum absolute atomic E-state index is 0.00512. The number of esters is 1. The van der Waals surface area contributed by atoms with Crippen molar-refractivity contribution < 1.29 is 19.1 Å². The van der Waals surface area contributed by atoms with Crippen LogP contribution in [0.2, 0.25) is 0 Å². The number of hydrogen-bond acceptors (Lipinski definition) is 4. The Kier molecular flexibility index (Phi) is 13.0. The number of Topliss-reactive ketones (excluding diaryl/α,β-unsaturated/α-hetero) is 1. The van der Waals surface area contributed by atoms with Crippen LogP contribution in [0.4, 0.5) is 0 Å². The summed E-state index contributed by atoms with van der Waals surface area (Å²) in [4.78, 5) is 23.8. The second kappa shape index (κ2) is 15.0. The molecule has 1 saturated heterocycles. The fourth-order valence-electron chi connectivity index (χ4n) is 6.41. The summed E-state index contributed by atoms with van der Waals surface area (Å²) in [7, 11) is 0. The summed E-state index contributed by atoms with van der Waals surface area (Å²) in [5.74, 6) is 2.83. The minimum Gasteiger partial charge on any atom is -0.426 e. The van der Waals surface area contributed by atoms with E-state index in [-0.39, 0.29) is 41.7 Å². The van der Waals surface area contributed by atoms with Crippen LogP contribution in [0.1, 0.15) is 153 Å². The van der Waals surface area contributed by atoms with Crippen molar-refractivity contribution in [1.82, 2.24) is 0 Å². The van der Waals surface area contributed by atoms with Crippen molar-refractivity contribution in [3.63, 3.8) is 0 Å². The highest BCUT2D eigenvalue weighted by Crippen LogP contribution is 2.51. The molecule has 4 nitrogen and oxygen atoms in total. The van der Waals surface area contributed by atoms with E-state index in [1.165, 1.54) is 63.9 Å². The first-order valence-corrected chi connectivity index (χ1v) is 16.0. The molecule has 2 rings (SSSR count). The van der Waals surface area contributed by atoms with Crippen LogP contribution in [0.15, 0.2) is 22.5 Å². The van der Waals surface area contributed by atoms with E-state index in [4.69, 9.17) is 9.47 Å². The molecule has 0 N–H and O–H groups in total. The lowest BCUT2D eigenvalue weighted by Gasteiger charge is -2.50. The molecular weight excluding hydrogens is 484 g/mol. The first-order valence-electron chi connectivity index (χ1n) is 16.0. The van der Waals surface area contributed by atoms with Crippen LogP contribution in [-0.2, 0) is 19.1 Å². The first-order chi connectivity index (χ1) is 18.2. The average Bonchev–Trinajstić information content (AvgIpc) is 2.84. The smallest absolute Gasteiger partial charge is 0.311 e. The summed E-state index contributed by atoms with van der Waals surface area (Å²) in [5.41, 5.74) is 3.00. The number of hydrogen-bond donors (Lipinski definition) is 0. The molecule has 1 fully saturated rings. The molecule has 0 spiro atoms. The maximum absolute atomic E-state index is 12.5. The third-order valence-electron chi connectivity index (χ3n) is 9.60. The van der Waals surface area contributed by atoms with Gasteiger partial charge in [-0.2, -0.15) is 0 Å². The van der Waals surface area contributed by atoms with Gasteiger partial charge in [0, 0.05) is 11.8 Å². The van der Waals surface area contributed by atoms with Crippen LogP contribution in [0.25, 0.3) is 0 Å². The fraction of sp³-hybridized carbons (Fsp3) is 0.829. The third kappa shape index (κ3) is 10.2. The molecule has 1 aliphatic carbocycles. The van der Waals surface area contributed by atoms with Crippen LogP contribution in [0.5, 0.6) is 0 Å². The van der Waals surface area contributed by atoms with E-state index >= 15 is 0 Å². The molecular formula is C35H60O4. The van der Waals surface area contributed by atoms with Crippen LogP contribution in [0.3, 0.4) is 0 Å². The Hall–Kier alpha value is -1.42. The number of fused-ring (bicyclic) bond motifs is 1. The van der Waals surface area contributed by atoms with Crippen molar-refractivity contribution in [2.75, 3.05) is 0 Å². The summed E-state index contributed by atoms with van der Waals surface area (Å²) in [5, 5.41) is 0. The van der Waals surface area contributed by atoms with Crippen molar-refractivity contribution in [3.8, 4) is 0 Å². The summed E-state index contributed by atoms with van der Waals surface area (Å²) >= 11 is 0. The quantitative estimate of drug-likeness (QED) is 0.181. The van der Waals surface area contributed by atoms with E-state index in [9.17, 15) is 9.59 Å². The van der Waals surface area contributed by atoms with E-state index < -0.39 is 0 Å². The van der Waals surface area contributed by atoms with Gasteiger partial charge in [0.25, 0.3) is 0 Å². The van der Waals surface area contributed by atoms with Gasteiger partial charge in [-0.15, -0.1) is 0 Å². The predicted molar refractivity (Wildman–Crippen MR) is 162 cm³/mol. The molecule has 0 amide bonds. The summed E-state index contributed by atoms with van der Waals surface area (Å²) < 4.78 is 12.8. The lowest BCUT2D eigenvalue weighted by atomic mass is 9.67. The SMILES string of the molecule is CC(=O)CCC(=O)OC1=C(C)C(C)(C)C2OC(C)(CCCC(C)CCCC(C)CCCC(C)C)CCC2=C1C. The summed E-state index contributed by atoms with van der Waals surface area (Å²) in [6, 6.07) is 0. The zero-order chi connectivity index (χ0) is 29.4. The Morgan fingerprint density at radius 2 is 1.46 bits per heavy atom. The molecule has 224 valence electrons. The number of ketones is 1. The fourth-order valence-corrected chi connectivity index (χ4v) is 6.41. The Balaban J connectivity index is 1.87. The third-order valence-corrected chi connectivity index (χ3v) is 9.60. The maximum Gasteiger partial charge on any atom is 0.311 e. The lowest BCUT2D eigenvalue weighted by Crippen LogP contribution is -2.48. The molecule has 0 aromatic heterocycles. The van der Waals surface area contributed by atoms with E-state index in [1.54, 1.807) is 0 Å².